The first-order valence-electron chi connectivity index (χ1n) is 9.70. The summed E-state index contributed by atoms with van der Waals surface area (Å²) in [5.74, 6) is 2.88. The fourth-order valence-corrected chi connectivity index (χ4v) is 5.33. The molecule has 3 N–H and O–H groups in total. The zero-order valence-corrected chi connectivity index (χ0v) is 15.4. The Hall–Kier alpha value is -1.26. The average molecular weight is 335 g/mol. The second-order valence-electron chi connectivity index (χ2n) is 8.93. The summed E-state index contributed by atoms with van der Waals surface area (Å²) in [7, 11) is 0. The van der Waals surface area contributed by atoms with Crippen molar-refractivity contribution < 1.29 is 9.59 Å². The van der Waals surface area contributed by atoms with Gasteiger partial charge in [-0.05, 0) is 69.1 Å². The van der Waals surface area contributed by atoms with Crippen molar-refractivity contribution >= 4 is 11.9 Å². The fourth-order valence-electron chi connectivity index (χ4n) is 5.33. The molecule has 0 heterocycles. The van der Waals surface area contributed by atoms with Crippen molar-refractivity contribution in [1.29, 1.82) is 0 Å². The highest BCUT2D eigenvalue weighted by atomic mass is 16.2. The molecule has 0 radical (unpaired) electrons. The lowest BCUT2D eigenvalue weighted by Crippen LogP contribution is -2.61. The lowest BCUT2D eigenvalue weighted by molar-refractivity contribution is -0.121. The molecule has 1 unspecified atom stereocenters. The van der Waals surface area contributed by atoms with E-state index in [2.05, 4.69) is 29.8 Å². The van der Waals surface area contributed by atoms with Crippen LogP contribution in [0.25, 0.3) is 0 Å². The highest BCUT2D eigenvalue weighted by Crippen LogP contribution is 2.55. The van der Waals surface area contributed by atoms with Gasteiger partial charge in [-0.25, -0.2) is 4.79 Å². The summed E-state index contributed by atoms with van der Waals surface area (Å²) in [6.45, 7) is 6.58. The molecule has 4 fully saturated rings. The monoisotopic (exact) mass is 335 g/mol. The maximum Gasteiger partial charge on any atom is 0.315 e. The molecule has 0 aromatic heterocycles. The molecule has 1 atom stereocenters. The molecule has 0 aliphatic heterocycles. The van der Waals surface area contributed by atoms with Gasteiger partial charge in [-0.2, -0.15) is 0 Å². The van der Waals surface area contributed by atoms with Crippen molar-refractivity contribution in [3.8, 4) is 0 Å². The summed E-state index contributed by atoms with van der Waals surface area (Å²) in [5.41, 5.74) is 0.0350. The van der Waals surface area contributed by atoms with E-state index in [-0.39, 0.29) is 23.5 Å². The molecular weight excluding hydrogens is 302 g/mol. The van der Waals surface area contributed by atoms with Crippen molar-refractivity contribution in [2.45, 2.75) is 77.3 Å². The van der Waals surface area contributed by atoms with Crippen LogP contribution >= 0.6 is 0 Å². The molecular formula is C19H33N3O2. The maximum atomic E-state index is 12.3. The highest BCUT2D eigenvalue weighted by molar-refractivity contribution is 5.78. The predicted octanol–water partition coefficient (Wildman–Crippen LogP) is 2.81. The Morgan fingerprint density at radius 2 is 1.54 bits per heavy atom. The number of carbonyl (C=O) groups excluding carboxylic acids is 2. The number of carbonyl (C=O) groups is 2. The molecule has 5 heteroatoms. The topological polar surface area (TPSA) is 70.2 Å². The molecule has 0 spiro atoms. The smallest absolute Gasteiger partial charge is 0.315 e. The number of amides is 3. The molecule has 3 amide bonds. The van der Waals surface area contributed by atoms with E-state index in [4.69, 9.17) is 0 Å². The number of urea groups is 1. The summed E-state index contributed by atoms with van der Waals surface area (Å²) in [6, 6.07) is 0.0695. The van der Waals surface area contributed by atoms with Crippen LogP contribution in [-0.2, 0) is 4.79 Å². The molecule has 0 aromatic carbocycles. The Bertz CT molecular complexity index is 454. The lowest BCUT2D eigenvalue weighted by atomic mass is 9.53. The minimum atomic E-state index is -0.0957. The summed E-state index contributed by atoms with van der Waals surface area (Å²) in [6.07, 6.45) is 7.91. The van der Waals surface area contributed by atoms with Crippen LogP contribution in [0.3, 0.4) is 0 Å². The number of nitrogens with one attached hydrogen (secondary N) is 3. The van der Waals surface area contributed by atoms with Gasteiger partial charge in [0, 0.05) is 24.5 Å². The first kappa shape index (κ1) is 17.6. The Morgan fingerprint density at radius 1 is 1.00 bits per heavy atom. The van der Waals surface area contributed by atoms with E-state index in [9.17, 15) is 9.59 Å². The quantitative estimate of drug-likeness (QED) is 0.698. The number of rotatable bonds is 6. The van der Waals surface area contributed by atoms with Gasteiger partial charge >= 0.3 is 6.03 Å². The molecule has 4 aliphatic carbocycles. The second kappa shape index (κ2) is 6.93. The Labute approximate surface area is 145 Å². The third kappa shape index (κ3) is 4.04. The van der Waals surface area contributed by atoms with Crippen LogP contribution in [0.5, 0.6) is 0 Å². The van der Waals surface area contributed by atoms with Gasteiger partial charge in [0.1, 0.15) is 0 Å². The van der Waals surface area contributed by atoms with Crippen molar-refractivity contribution in [2.75, 3.05) is 6.54 Å². The molecule has 136 valence electrons. The van der Waals surface area contributed by atoms with E-state index >= 15 is 0 Å². The highest BCUT2D eigenvalue weighted by Gasteiger charge is 2.51. The van der Waals surface area contributed by atoms with Crippen molar-refractivity contribution in [2.24, 2.45) is 23.7 Å². The first-order chi connectivity index (χ1) is 11.3. The molecule has 4 aliphatic rings. The maximum absolute atomic E-state index is 12.3. The van der Waals surface area contributed by atoms with Crippen molar-refractivity contribution in [3.63, 3.8) is 0 Å². The third-order valence-electron chi connectivity index (χ3n) is 6.44. The van der Waals surface area contributed by atoms with Crippen LogP contribution < -0.4 is 16.0 Å². The van der Waals surface area contributed by atoms with Gasteiger partial charge < -0.3 is 16.0 Å². The van der Waals surface area contributed by atoms with Gasteiger partial charge in [-0.1, -0.05) is 13.8 Å². The number of hydrogen-bond donors (Lipinski definition) is 3. The lowest BCUT2D eigenvalue weighted by Gasteiger charge is -2.56. The van der Waals surface area contributed by atoms with Crippen molar-refractivity contribution in [3.05, 3.63) is 0 Å². The molecule has 4 saturated carbocycles. The second-order valence-corrected chi connectivity index (χ2v) is 8.93. The fraction of sp³-hybridized carbons (Fsp3) is 0.895. The molecule has 4 bridgehead atoms. The predicted molar refractivity (Wildman–Crippen MR) is 94.5 cm³/mol. The van der Waals surface area contributed by atoms with Gasteiger partial charge in [0.15, 0.2) is 0 Å². The van der Waals surface area contributed by atoms with E-state index in [1.54, 1.807) is 0 Å². The first-order valence-corrected chi connectivity index (χ1v) is 9.70. The van der Waals surface area contributed by atoms with Gasteiger partial charge in [-0.15, -0.1) is 0 Å². The molecule has 4 rings (SSSR count). The molecule has 5 nitrogen and oxygen atoms in total. The van der Waals surface area contributed by atoms with Crippen molar-refractivity contribution in [1.82, 2.24) is 16.0 Å². The standard InChI is InChI=1S/C19H33N3O2/c1-12(2)13(3)21-17(23)4-5-20-18(24)22-19-9-14-6-15(10-19)8-16(7-14)11-19/h12-16H,4-11H2,1-3H3,(H,21,23)(H2,20,22,24). The van der Waals surface area contributed by atoms with Crippen LogP contribution in [0, 0.1) is 23.7 Å². The van der Waals surface area contributed by atoms with Crippen LogP contribution in [0.1, 0.15) is 65.7 Å². The Kier molecular flexibility index (Phi) is 5.07. The molecule has 24 heavy (non-hydrogen) atoms. The zero-order chi connectivity index (χ0) is 17.3. The molecule has 0 saturated heterocycles. The van der Waals surface area contributed by atoms with Crippen LogP contribution in [0.4, 0.5) is 4.79 Å². The van der Waals surface area contributed by atoms with Gasteiger partial charge in [0.2, 0.25) is 5.91 Å². The van der Waals surface area contributed by atoms with E-state index in [1.165, 1.54) is 19.3 Å². The van der Waals surface area contributed by atoms with Crippen LogP contribution in [0.15, 0.2) is 0 Å². The average Bonchev–Trinajstić information content (AvgIpc) is 2.44. The van der Waals surface area contributed by atoms with Gasteiger partial charge in [-0.3, -0.25) is 4.79 Å². The minimum Gasteiger partial charge on any atom is -0.353 e. The van der Waals surface area contributed by atoms with Gasteiger partial charge in [0.05, 0.1) is 0 Å². The van der Waals surface area contributed by atoms with E-state index in [0.29, 0.717) is 18.9 Å². The summed E-state index contributed by atoms with van der Waals surface area (Å²) < 4.78 is 0. The minimum absolute atomic E-state index is 0.00584. The summed E-state index contributed by atoms with van der Waals surface area (Å²) in [4.78, 5) is 24.2. The van der Waals surface area contributed by atoms with E-state index in [0.717, 1.165) is 37.0 Å². The number of hydrogen-bond acceptors (Lipinski definition) is 2. The largest absolute Gasteiger partial charge is 0.353 e. The normalized spacial score (nSPS) is 34.9. The van der Waals surface area contributed by atoms with E-state index < -0.39 is 0 Å². The molecule has 0 aromatic rings. The Morgan fingerprint density at radius 3 is 2.04 bits per heavy atom. The van der Waals surface area contributed by atoms with Gasteiger partial charge in [0.25, 0.3) is 0 Å². The summed E-state index contributed by atoms with van der Waals surface area (Å²) in [5, 5.41) is 9.12. The Balaban J connectivity index is 1.40. The third-order valence-corrected chi connectivity index (χ3v) is 6.44. The van der Waals surface area contributed by atoms with Crippen LogP contribution in [0.2, 0.25) is 0 Å². The SMILES string of the molecule is CC(C)C(C)NC(=O)CCNC(=O)NC12CC3CC(CC(C3)C1)C2. The van der Waals surface area contributed by atoms with Crippen LogP contribution in [-0.4, -0.2) is 30.1 Å². The zero-order valence-electron chi connectivity index (χ0n) is 15.4. The summed E-state index contributed by atoms with van der Waals surface area (Å²) >= 11 is 0. The van der Waals surface area contributed by atoms with E-state index in [1.807, 2.05) is 6.92 Å².